The van der Waals surface area contributed by atoms with Gasteiger partial charge in [0.25, 0.3) is 0 Å². The van der Waals surface area contributed by atoms with Crippen LogP contribution in [0.25, 0.3) is 32.0 Å². The molecular weight excluding hydrogens is 1020 g/mol. The molecule has 0 saturated carbocycles. The van der Waals surface area contributed by atoms with Crippen molar-refractivity contribution < 1.29 is 28.8 Å². The summed E-state index contributed by atoms with van der Waals surface area (Å²) in [4.78, 5) is 103. The summed E-state index contributed by atoms with van der Waals surface area (Å²) in [7, 11) is 0. The molecule has 6 amide bonds. The topological polar surface area (TPSA) is 172 Å². The molecule has 16 nitrogen and oxygen atoms in total. The van der Waals surface area contributed by atoms with Crippen LogP contribution in [0.1, 0.15) is 97.7 Å². The lowest BCUT2D eigenvalue weighted by Gasteiger charge is -2.34. The van der Waals surface area contributed by atoms with Crippen molar-refractivity contribution in [1.29, 1.82) is 0 Å². The van der Waals surface area contributed by atoms with Gasteiger partial charge in [-0.15, -0.1) is 22.7 Å². The van der Waals surface area contributed by atoms with E-state index >= 15 is 0 Å². The maximum Gasteiger partial charge on any atom is 0.250 e. The van der Waals surface area contributed by atoms with E-state index in [9.17, 15) is 28.8 Å². The molecule has 4 aliphatic rings. The Hall–Kier alpha value is -7.12. The molecule has 0 spiro atoms. The van der Waals surface area contributed by atoms with Crippen molar-refractivity contribution in [1.82, 2.24) is 50.0 Å². The first-order chi connectivity index (χ1) is 37.9. The van der Waals surface area contributed by atoms with Gasteiger partial charge in [-0.3, -0.25) is 38.6 Å². The van der Waals surface area contributed by atoms with Crippen molar-refractivity contribution >= 4 is 58.1 Å². The second-order valence-corrected chi connectivity index (χ2v) is 22.8. The van der Waals surface area contributed by atoms with Gasteiger partial charge in [0.1, 0.15) is 22.1 Å². The minimum atomic E-state index is -0.818. The predicted molar refractivity (Wildman–Crippen MR) is 303 cm³/mol. The van der Waals surface area contributed by atoms with Crippen molar-refractivity contribution in [3.8, 4) is 32.0 Å². The van der Waals surface area contributed by atoms with Crippen LogP contribution in [0.3, 0.4) is 0 Å². The van der Waals surface area contributed by atoms with E-state index in [1.54, 1.807) is 36.5 Å². The van der Waals surface area contributed by atoms with Crippen molar-refractivity contribution in [2.24, 2.45) is 0 Å². The van der Waals surface area contributed by atoms with Crippen LogP contribution in [0.4, 0.5) is 0 Å². The largest absolute Gasteiger partial charge is 0.340 e. The van der Waals surface area contributed by atoms with Gasteiger partial charge < -0.3 is 30.2 Å². The second-order valence-electron chi connectivity index (χ2n) is 20.7. The third-order valence-corrected chi connectivity index (χ3v) is 18.0. The zero-order valence-electron chi connectivity index (χ0n) is 44.4. The summed E-state index contributed by atoms with van der Waals surface area (Å²) in [5.74, 6) is -0.494. The first-order valence-electron chi connectivity index (χ1n) is 27.3. The quantitative estimate of drug-likeness (QED) is 0.0921. The molecule has 6 aromatic rings. The highest BCUT2D eigenvalue weighted by Crippen LogP contribution is 2.41. The van der Waals surface area contributed by atoms with E-state index in [4.69, 9.17) is 9.97 Å². The van der Waals surface area contributed by atoms with Crippen LogP contribution < -0.4 is 10.6 Å². The molecule has 0 unspecified atom stereocenters. The molecule has 4 saturated heterocycles. The Labute approximate surface area is 464 Å². The van der Waals surface area contributed by atoms with Crippen molar-refractivity contribution in [3.63, 3.8) is 0 Å². The van der Waals surface area contributed by atoms with Crippen molar-refractivity contribution in [2.75, 3.05) is 78.5 Å². The summed E-state index contributed by atoms with van der Waals surface area (Å²) in [5.41, 5.74) is 5.72. The Morgan fingerprint density at radius 1 is 0.487 bits per heavy atom. The van der Waals surface area contributed by atoms with Crippen LogP contribution >= 0.6 is 22.7 Å². The Bertz CT molecular complexity index is 2840. The van der Waals surface area contributed by atoms with Crippen LogP contribution in [-0.4, -0.2) is 153 Å². The summed E-state index contributed by atoms with van der Waals surface area (Å²) in [6, 6.07) is 33.8. The lowest BCUT2D eigenvalue weighted by atomic mass is 10.0. The standard InChI is InChI=1S/C60H68N10O6S2/c1-41(71)67-35-31-65(32-36-67)29-25-53(73)63-55(47-11-5-3-6-12-47)59(75)69-27-9-15-49(69)57-61-39-51(77-57)45-21-17-43(18-22-45)44-19-23-46(24-20-44)52-40-62-58(78-52)50-16-10-28-70(50)60(76)56(48-13-7-4-8-14-48)64-54(74)26-30-66-33-37-68(38-34-66)42(2)72/h3-8,11-14,17-24,39-40,49-50,55-56H,9-10,15-16,25-38H2,1-2H3,(H,63,73)(H,64,74)/t49-,50-,55+,56+/m0/s1. The van der Waals surface area contributed by atoms with E-state index in [1.807, 2.05) is 92.7 Å². The number of piperazine rings is 2. The number of rotatable bonds is 17. The van der Waals surface area contributed by atoms with Gasteiger partial charge in [0.05, 0.1) is 21.8 Å². The van der Waals surface area contributed by atoms with E-state index in [0.717, 1.165) is 105 Å². The van der Waals surface area contributed by atoms with Gasteiger partial charge in [0, 0.05) is 118 Å². The smallest absolute Gasteiger partial charge is 0.250 e. The minimum absolute atomic E-state index is 0.0698. The molecule has 4 aliphatic heterocycles. The maximum atomic E-state index is 14.5. The zero-order chi connectivity index (χ0) is 54.1. The average Bonchev–Trinajstić information content (AvgIpc) is 4.36. The van der Waals surface area contributed by atoms with Crippen LogP contribution in [0.5, 0.6) is 0 Å². The van der Waals surface area contributed by atoms with E-state index in [2.05, 4.69) is 69.0 Å². The van der Waals surface area contributed by atoms with Crippen LogP contribution in [0.2, 0.25) is 0 Å². The third-order valence-electron chi connectivity index (χ3n) is 15.7. The Morgan fingerprint density at radius 3 is 1.21 bits per heavy atom. The molecule has 4 fully saturated rings. The van der Waals surface area contributed by atoms with Crippen LogP contribution in [-0.2, 0) is 28.8 Å². The van der Waals surface area contributed by atoms with E-state index < -0.39 is 12.1 Å². The maximum absolute atomic E-state index is 14.5. The number of benzene rings is 4. The van der Waals surface area contributed by atoms with Crippen LogP contribution in [0, 0.1) is 0 Å². The number of amides is 6. The highest BCUT2D eigenvalue weighted by Gasteiger charge is 2.39. The fraction of sp³-hybridized carbons (Fsp3) is 0.400. The lowest BCUT2D eigenvalue weighted by molar-refractivity contribution is -0.137. The van der Waals surface area contributed by atoms with Crippen molar-refractivity contribution in [3.05, 3.63) is 143 Å². The molecule has 406 valence electrons. The number of likely N-dealkylation sites (tertiary alicyclic amines) is 2. The minimum Gasteiger partial charge on any atom is -0.340 e. The molecule has 6 heterocycles. The number of nitrogens with zero attached hydrogens (tertiary/aromatic N) is 8. The summed E-state index contributed by atoms with van der Waals surface area (Å²) in [5, 5.41) is 7.91. The van der Waals surface area contributed by atoms with Gasteiger partial charge in [-0.05, 0) is 59.1 Å². The lowest BCUT2D eigenvalue weighted by Crippen LogP contribution is -2.49. The van der Waals surface area contributed by atoms with E-state index in [-0.39, 0.29) is 60.4 Å². The highest BCUT2D eigenvalue weighted by molar-refractivity contribution is 7.15. The van der Waals surface area contributed by atoms with E-state index in [0.29, 0.717) is 52.4 Å². The van der Waals surface area contributed by atoms with Gasteiger partial charge >= 0.3 is 0 Å². The van der Waals surface area contributed by atoms with Crippen LogP contribution in [0.15, 0.2) is 122 Å². The highest BCUT2D eigenvalue weighted by atomic mass is 32.1. The van der Waals surface area contributed by atoms with Gasteiger partial charge in [0.2, 0.25) is 35.4 Å². The SMILES string of the molecule is CC(=O)N1CCN(CCC(=O)N[C@@H](C(=O)N2CCC[C@H]2c2ncc(-c3ccc(-c4ccc(-c5cnc([C@@H]6CCCN6C(=O)[C@H](NC(=O)CCN6CCN(C(C)=O)CC6)c6ccccc6)s5)cc4)cc3)s2)c2ccccc2)CC1. The number of hydrogen-bond donors (Lipinski definition) is 2. The number of carbonyl (C=O) groups is 6. The molecule has 4 aromatic carbocycles. The zero-order valence-corrected chi connectivity index (χ0v) is 46.1. The summed E-state index contributed by atoms with van der Waals surface area (Å²) >= 11 is 3.20. The summed E-state index contributed by atoms with van der Waals surface area (Å²) in [6.07, 6.45) is 7.57. The normalized spacial score (nSPS) is 18.9. The van der Waals surface area contributed by atoms with Gasteiger partial charge in [-0.2, -0.15) is 0 Å². The number of nitrogens with one attached hydrogen (secondary N) is 2. The number of thiazole rings is 2. The Morgan fingerprint density at radius 2 is 0.846 bits per heavy atom. The second kappa shape index (κ2) is 25.1. The van der Waals surface area contributed by atoms with Gasteiger partial charge in [-0.25, -0.2) is 9.97 Å². The molecule has 2 N–H and O–H groups in total. The molecular formula is C60H68N10O6S2. The van der Waals surface area contributed by atoms with Gasteiger partial charge in [0.15, 0.2) is 0 Å². The number of carbonyl (C=O) groups excluding carboxylic acids is 6. The molecule has 10 rings (SSSR count). The molecule has 18 heteroatoms. The van der Waals surface area contributed by atoms with E-state index in [1.165, 1.54) is 0 Å². The third kappa shape index (κ3) is 12.9. The molecule has 0 aliphatic carbocycles. The molecule has 0 bridgehead atoms. The molecule has 0 radical (unpaired) electrons. The summed E-state index contributed by atoms with van der Waals surface area (Å²) in [6.45, 7) is 10.9. The number of hydrogen-bond acceptors (Lipinski definition) is 12. The fourth-order valence-corrected chi connectivity index (χ4v) is 13.3. The van der Waals surface area contributed by atoms with Gasteiger partial charge in [-0.1, -0.05) is 109 Å². The van der Waals surface area contributed by atoms with Crippen molar-refractivity contribution in [2.45, 2.75) is 76.5 Å². The first kappa shape index (κ1) is 54.2. The number of aromatic nitrogens is 2. The summed E-state index contributed by atoms with van der Waals surface area (Å²) < 4.78 is 0. The molecule has 4 atom stereocenters. The molecule has 2 aromatic heterocycles. The predicted octanol–water partition coefficient (Wildman–Crippen LogP) is 7.75. The molecule has 78 heavy (non-hydrogen) atoms. The average molecular weight is 1090 g/mol. The fourth-order valence-electron chi connectivity index (χ4n) is 11.1. The Balaban J connectivity index is 0.750. The Kier molecular flexibility index (Phi) is 17.5. The monoisotopic (exact) mass is 1090 g/mol. The first-order valence-corrected chi connectivity index (χ1v) is 29.0.